The fourth-order valence-corrected chi connectivity index (χ4v) is 5.58. The van der Waals surface area contributed by atoms with Gasteiger partial charge in [-0.2, -0.15) is 5.10 Å². The van der Waals surface area contributed by atoms with Crippen molar-refractivity contribution in [2.45, 2.75) is 57.0 Å². The molecule has 1 heterocycles. The molecule has 1 aliphatic rings. The summed E-state index contributed by atoms with van der Waals surface area (Å²) in [6.07, 6.45) is 7.27. The van der Waals surface area contributed by atoms with Crippen molar-refractivity contribution < 1.29 is 18.0 Å². The first kappa shape index (κ1) is 24.5. The highest BCUT2D eigenvalue weighted by Crippen LogP contribution is 2.24. The largest absolute Gasteiger partial charge is 0.352 e. The molecule has 9 nitrogen and oxygen atoms in total. The number of hydrogen-bond acceptors (Lipinski definition) is 5. The van der Waals surface area contributed by atoms with E-state index in [0.29, 0.717) is 11.3 Å². The summed E-state index contributed by atoms with van der Waals surface area (Å²) in [5.41, 5.74) is 2.14. The van der Waals surface area contributed by atoms with Crippen molar-refractivity contribution >= 4 is 33.2 Å². The van der Waals surface area contributed by atoms with Crippen LogP contribution >= 0.6 is 0 Å². The van der Waals surface area contributed by atoms with Gasteiger partial charge in [-0.05, 0) is 56.0 Å². The molecule has 4 rings (SSSR count). The fourth-order valence-electron chi connectivity index (χ4n) is 4.17. The number of aryl methyl sites for hydroxylation is 2. The second kappa shape index (κ2) is 10.3. The highest BCUT2D eigenvalue weighted by Gasteiger charge is 2.21. The molecule has 3 N–H and O–H groups in total. The van der Waals surface area contributed by atoms with Crippen LogP contribution in [0.4, 0.5) is 11.4 Å². The van der Waals surface area contributed by atoms with Crippen LogP contribution < -0.4 is 15.4 Å². The van der Waals surface area contributed by atoms with Crippen LogP contribution in [0.2, 0.25) is 0 Å². The molecule has 1 fully saturated rings. The number of sulfonamides is 1. The maximum atomic E-state index is 13.0. The molecule has 1 aliphatic carbocycles. The second-order valence-corrected chi connectivity index (χ2v) is 10.5. The minimum Gasteiger partial charge on any atom is -0.352 e. The van der Waals surface area contributed by atoms with E-state index in [2.05, 4.69) is 20.5 Å². The molecule has 184 valence electrons. The summed E-state index contributed by atoms with van der Waals surface area (Å²) in [5.74, 6) is -0.622. The normalized spacial score (nSPS) is 14.0. The Balaban J connectivity index is 1.45. The molecule has 1 aromatic heterocycles. The van der Waals surface area contributed by atoms with Crippen LogP contribution in [0.1, 0.15) is 47.2 Å². The Morgan fingerprint density at radius 2 is 1.83 bits per heavy atom. The third-order valence-electron chi connectivity index (χ3n) is 5.97. The van der Waals surface area contributed by atoms with Gasteiger partial charge in [-0.15, -0.1) is 0 Å². The van der Waals surface area contributed by atoms with Gasteiger partial charge >= 0.3 is 0 Å². The van der Waals surface area contributed by atoms with Crippen molar-refractivity contribution in [2.24, 2.45) is 0 Å². The zero-order chi connectivity index (χ0) is 25.0. The third kappa shape index (κ3) is 6.07. The summed E-state index contributed by atoms with van der Waals surface area (Å²) in [5, 5.41) is 9.87. The first-order valence-electron chi connectivity index (χ1n) is 11.5. The van der Waals surface area contributed by atoms with Crippen LogP contribution in [0.3, 0.4) is 0 Å². The highest BCUT2D eigenvalue weighted by molar-refractivity contribution is 7.92. The SMILES string of the molecule is Cc1ccc(C)c(S(=O)(=O)Nc2ccccc2C(=O)Nc2cnn(CC(=O)NC3CCCC3)c2)c1. The van der Waals surface area contributed by atoms with E-state index in [1.165, 1.54) is 23.0 Å². The van der Waals surface area contributed by atoms with Crippen LogP contribution in [-0.2, 0) is 21.4 Å². The Bertz CT molecular complexity index is 1340. The van der Waals surface area contributed by atoms with Gasteiger partial charge in [0.15, 0.2) is 0 Å². The molecule has 0 bridgehead atoms. The predicted octanol–water partition coefficient (Wildman–Crippen LogP) is 3.61. The lowest BCUT2D eigenvalue weighted by molar-refractivity contribution is -0.122. The smallest absolute Gasteiger partial charge is 0.262 e. The van der Waals surface area contributed by atoms with Gasteiger partial charge in [0.05, 0.1) is 28.0 Å². The average molecular weight is 496 g/mol. The van der Waals surface area contributed by atoms with Gasteiger partial charge in [0.2, 0.25) is 5.91 Å². The maximum Gasteiger partial charge on any atom is 0.262 e. The number of para-hydroxylation sites is 1. The Hall–Kier alpha value is -3.66. The summed E-state index contributed by atoms with van der Waals surface area (Å²) in [7, 11) is -3.91. The minimum atomic E-state index is -3.91. The molecule has 0 saturated heterocycles. The van der Waals surface area contributed by atoms with Crippen molar-refractivity contribution in [3.63, 3.8) is 0 Å². The number of hydrogen-bond donors (Lipinski definition) is 3. The molecule has 3 aromatic rings. The van der Waals surface area contributed by atoms with Crippen molar-refractivity contribution in [3.05, 3.63) is 71.5 Å². The standard InChI is InChI=1S/C25H29N5O4S/c1-17-11-12-18(2)23(13-17)35(33,34)29-22-10-6-5-9-21(22)25(32)28-20-14-26-30(15-20)16-24(31)27-19-7-3-4-8-19/h5-6,9-15,19,29H,3-4,7-8,16H2,1-2H3,(H,27,31)(H,28,32). The second-order valence-electron chi connectivity index (χ2n) is 8.85. The number of nitrogens with one attached hydrogen (secondary N) is 3. The van der Waals surface area contributed by atoms with E-state index in [1.807, 2.05) is 13.0 Å². The van der Waals surface area contributed by atoms with E-state index in [1.54, 1.807) is 37.4 Å². The quantitative estimate of drug-likeness (QED) is 0.441. The molecular weight excluding hydrogens is 466 g/mol. The molecule has 0 atom stereocenters. The summed E-state index contributed by atoms with van der Waals surface area (Å²) in [6.45, 7) is 3.59. The summed E-state index contributed by atoms with van der Waals surface area (Å²) in [6, 6.07) is 11.8. The first-order chi connectivity index (χ1) is 16.7. The van der Waals surface area contributed by atoms with Gasteiger partial charge in [0.1, 0.15) is 6.54 Å². The number of carbonyl (C=O) groups excluding carboxylic acids is 2. The Labute approximate surface area is 205 Å². The maximum absolute atomic E-state index is 13.0. The average Bonchev–Trinajstić information content (AvgIpc) is 3.47. The summed E-state index contributed by atoms with van der Waals surface area (Å²) >= 11 is 0. The minimum absolute atomic E-state index is 0.0542. The molecule has 2 aromatic carbocycles. The number of anilines is 2. The van der Waals surface area contributed by atoms with E-state index < -0.39 is 15.9 Å². The summed E-state index contributed by atoms with van der Waals surface area (Å²) in [4.78, 5) is 25.4. The number of nitrogens with zero attached hydrogens (tertiary/aromatic N) is 2. The molecular formula is C25H29N5O4S. The predicted molar refractivity (Wildman–Crippen MR) is 134 cm³/mol. The van der Waals surface area contributed by atoms with E-state index in [0.717, 1.165) is 31.2 Å². The van der Waals surface area contributed by atoms with Crippen LogP contribution in [0.15, 0.2) is 59.8 Å². The molecule has 1 saturated carbocycles. The number of amides is 2. The Morgan fingerprint density at radius 1 is 1.09 bits per heavy atom. The molecule has 0 aliphatic heterocycles. The van der Waals surface area contributed by atoms with Gasteiger partial charge in [-0.1, -0.05) is 37.1 Å². The van der Waals surface area contributed by atoms with Gasteiger partial charge < -0.3 is 10.6 Å². The fraction of sp³-hybridized carbons (Fsp3) is 0.320. The van der Waals surface area contributed by atoms with E-state index >= 15 is 0 Å². The molecule has 35 heavy (non-hydrogen) atoms. The van der Waals surface area contributed by atoms with Crippen LogP contribution in [0.5, 0.6) is 0 Å². The van der Waals surface area contributed by atoms with Gasteiger partial charge in [-0.25, -0.2) is 8.42 Å². The van der Waals surface area contributed by atoms with E-state index in [4.69, 9.17) is 0 Å². The van der Waals surface area contributed by atoms with Crippen molar-refractivity contribution in [1.82, 2.24) is 15.1 Å². The first-order valence-corrected chi connectivity index (χ1v) is 13.0. The van der Waals surface area contributed by atoms with Crippen molar-refractivity contribution in [3.8, 4) is 0 Å². The number of benzene rings is 2. The third-order valence-corrected chi connectivity index (χ3v) is 7.47. The molecule has 0 spiro atoms. The molecule has 0 unspecified atom stereocenters. The van der Waals surface area contributed by atoms with E-state index in [-0.39, 0.29) is 34.6 Å². The van der Waals surface area contributed by atoms with Crippen molar-refractivity contribution in [1.29, 1.82) is 0 Å². The molecule has 10 heteroatoms. The topological polar surface area (TPSA) is 122 Å². The number of rotatable bonds is 8. The number of aromatic nitrogens is 2. The lowest BCUT2D eigenvalue weighted by Crippen LogP contribution is -2.35. The van der Waals surface area contributed by atoms with Crippen LogP contribution in [0.25, 0.3) is 0 Å². The zero-order valence-corrected chi connectivity index (χ0v) is 20.6. The van der Waals surface area contributed by atoms with Gasteiger partial charge in [-0.3, -0.25) is 19.0 Å². The van der Waals surface area contributed by atoms with Gasteiger partial charge in [0, 0.05) is 12.2 Å². The monoisotopic (exact) mass is 495 g/mol. The Morgan fingerprint density at radius 3 is 2.60 bits per heavy atom. The van der Waals surface area contributed by atoms with Gasteiger partial charge in [0.25, 0.3) is 15.9 Å². The van der Waals surface area contributed by atoms with E-state index in [9.17, 15) is 18.0 Å². The number of carbonyl (C=O) groups is 2. The van der Waals surface area contributed by atoms with Crippen molar-refractivity contribution in [2.75, 3.05) is 10.0 Å². The lowest BCUT2D eigenvalue weighted by atomic mass is 10.1. The molecule has 0 radical (unpaired) electrons. The zero-order valence-electron chi connectivity index (χ0n) is 19.7. The molecule has 2 amide bonds. The van der Waals surface area contributed by atoms with Crippen LogP contribution in [0, 0.1) is 13.8 Å². The summed E-state index contributed by atoms with van der Waals surface area (Å²) < 4.78 is 30.1. The van der Waals surface area contributed by atoms with Crippen LogP contribution in [-0.4, -0.2) is 36.1 Å². The highest BCUT2D eigenvalue weighted by atomic mass is 32.2. The Kier molecular flexibility index (Phi) is 7.20. The lowest BCUT2D eigenvalue weighted by Gasteiger charge is -2.14.